The third-order valence-corrected chi connectivity index (χ3v) is 8.32. The molecule has 4 aromatic carbocycles. The lowest BCUT2D eigenvalue weighted by molar-refractivity contribution is -0.133. The van der Waals surface area contributed by atoms with E-state index >= 15 is 4.39 Å². The van der Waals surface area contributed by atoms with Crippen LogP contribution in [0.15, 0.2) is 98.1 Å². The molecule has 2 nitrogen and oxygen atoms in total. The van der Waals surface area contributed by atoms with Gasteiger partial charge < -0.3 is 0 Å². The molecule has 0 bridgehead atoms. The van der Waals surface area contributed by atoms with Crippen LogP contribution in [-0.2, 0) is 35.3 Å². The summed E-state index contributed by atoms with van der Waals surface area (Å²) in [7, 11) is 0. The fraction of sp³-hybridized carbons (Fsp3) is 0.211. The Morgan fingerprint density at radius 1 is 0.857 bits per heavy atom. The average molecular weight is 561 g/mol. The van der Waals surface area contributed by atoms with Crippen molar-refractivity contribution in [1.29, 1.82) is 0 Å². The first-order valence-corrected chi connectivity index (χ1v) is 14.3. The van der Waals surface area contributed by atoms with E-state index in [9.17, 15) is 14.0 Å². The molecule has 5 rings (SSSR count). The summed E-state index contributed by atoms with van der Waals surface area (Å²) in [5.41, 5.74) is 4.89. The van der Waals surface area contributed by atoms with Gasteiger partial charge in [0.2, 0.25) is 0 Å². The molecule has 0 heterocycles. The summed E-state index contributed by atoms with van der Waals surface area (Å²) in [5.74, 6) is -1.04. The summed E-state index contributed by atoms with van der Waals surface area (Å²) in [5, 5.41) is 2.21. The van der Waals surface area contributed by atoms with E-state index in [-0.39, 0.29) is 36.0 Å². The van der Waals surface area contributed by atoms with Crippen molar-refractivity contribution in [2.45, 2.75) is 45.4 Å². The molecule has 0 N–H and O–H groups in total. The Balaban J connectivity index is 1.28. The van der Waals surface area contributed by atoms with Gasteiger partial charge in [-0.2, -0.15) is 0 Å². The van der Waals surface area contributed by atoms with Crippen LogP contribution in [0.4, 0.5) is 8.78 Å². The van der Waals surface area contributed by atoms with Gasteiger partial charge in [0.15, 0.2) is 11.6 Å². The van der Waals surface area contributed by atoms with Crippen LogP contribution in [0.3, 0.4) is 0 Å². The number of allylic oxidation sites excluding steroid dienone is 3. The van der Waals surface area contributed by atoms with Crippen molar-refractivity contribution in [3.8, 4) is 0 Å². The molecule has 0 spiro atoms. The van der Waals surface area contributed by atoms with Crippen molar-refractivity contribution >= 4 is 34.0 Å². The molecule has 0 atom stereocenters. The fourth-order valence-electron chi connectivity index (χ4n) is 5.65. The predicted molar refractivity (Wildman–Crippen MR) is 167 cm³/mol. The van der Waals surface area contributed by atoms with Gasteiger partial charge in [-0.25, -0.2) is 8.78 Å². The van der Waals surface area contributed by atoms with Crippen LogP contribution in [0.25, 0.3) is 22.4 Å². The Kier molecular flexibility index (Phi) is 8.44. The zero-order valence-electron chi connectivity index (χ0n) is 23.9. The molecule has 42 heavy (non-hydrogen) atoms. The molecule has 0 aliphatic heterocycles. The SMILES string of the molecule is C=CC(=C)c1cc2c(CCc3ccc(CC(=O)C4(C(=O)Cc5ccc(F)cc5)CC4)cc3F)cccc2cc1C=CC. The lowest BCUT2D eigenvalue weighted by atomic mass is 9.87. The number of hydrogen-bond acceptors (Lipinski definition) is 2. The summed E-state index contributed by atoms with van der Waals surface area (Å²) in [4.78, 5) is 26.1. The van der Waals surface area contributed by atoms with Gasteiger partial charge >= 0.3 is 0 Å². The monoisotopic (exact) mass is 560 g/mol. The minimum atomic E-state index is -1.000. The Hall–Kier alpha value is -4.44. The van der Waals surface area contributed by atoms with E-state index in [2.05, 4.69) is 43.5 Å². The lowest BCUT2D eigenvalue weighted by Gasteiger charge is -2.14. The molecule has 0 unspecified atom stereocenters. The number of hydrogen-bond donors (Lipinski definition) is 0. The van der Waals surface area contributed by atoms with E-state index in [0.29, 0.717) is 42.4 Å². The van der Waals surface area contributed by atoms with Crippen molar-refractivity contribution < 1.29 is 18.4 Å². The second-order valence-corrected chi connectivity index (χ2v) is 11.1. The largest absolute Gasteiger partial charge is 0.298 e. The Labute approximate surface area is 246 Å². The lowest BCUT2D eigenvalue weighted by Crippen LogP contribution is -2.29. The Bertz CT molecular complexity index is 1720. The van der Waals surface area contributed by atoms with Crippen molar-refractivity contribution in [1.82, 2.24) is 0 Å². The standard InChI is InChI=1S/C38H34F2O2/c1-4-7-30-23-31-9-6-8-28(34(31)24-33(30)25(3)5-2)14-15-29-13-10-27(20-35(29)40)22-37(42)38(18-19-38)36(41)21-26-11-16-32(39)17-12-26/h4-13,16-17,20,23-24H,2-3,14-15,18-19,21-22H2,1H3. The van der Waals surface area contributed by atoms with Gasteiger partial charge in [-0.15, -0.1) is 0 Å². The molecule has 212 valence electrons. The number of carbonyl (C=O) groups is 2. The van der Waals surface area contributed by atoms with Crippen molar-refractivity contribution in [3.63, 3.8) is 0 Å². The molecule has 1 fully saturated rings. The first-order chi connectivity index (χ1) is 20.2. The van der Waals surface area contributed by atoms with Crippen LogP contribution >= 0.6 is 0 Å². The van der Waals surface area contributed by atoms with Crippen LogP contribution in [0.5, 0.6) is 0 Å². The molecule has 1 aliphatic carbocycles. The minimum absolute atomic E-state index is 0.0141. The molecular formula is C38H34F2O2. The molecule has 1 saturated carbocycles. The minimum Gasteiger partial charge on any atom is -0.298 e. The van der Waals surface area contributed by atoms with Crippen molar-refractivity contribution in [3.05, 3.63) is 143 Å². The van der Waals surface area contributed by atoms with Gasteiger partial charge in [-0.1, -0.05) is 73.9 Å². The molecule has 4 heteroatoms. The van der Waals surface area contributed by atoms with Crippen molar-refractivity contribution in [2.24, 2.45) is 5.41 Å². The fourth-order valence-corrected chi connectivity index (χ4v) is 5.65. The number of benzene rings is 4. The van der Waals surface area contributed by atoms with Gasteiger partial charge in [0.05, 0.1) is 5.41 Å². The number of Topliss-reactive ketones (excluding diaryl/α,β-unsaturated/α-hetero) is 2. The number of aryl methyl sites for hydroxylation is 2. The van der Waals surface area contributed by atoms with Crippen molar-refractivity contribution in [2.75, 3.05) is 0 Å². The maximum Gasteiger partial charge on any atom is 0.150 e. The highest BCUT2D eigenvalue weighted by Crippen LogP contribution is 2.48. The summed E-state index contributed by atoms with van der Waals surface area (Å²) < 4.78 is 28.4. The van der Waals surface area contributed by atoms with Gasteiger partial charge in [-0.05, 0) is 113 Å². The van der Waals surface area contributed by atoms with E-state index in [1.807, 2.05) is 19.1 Å². The normalized spacial score (nSPS) is 13.8. The maximum atomic E-state index is 15.2. The smallest absolute Gasteiger partial charge is 0.150 e. The molecule has 0 radical (unpaired) electrons. The van der Waals surface area contributed by atoms with Gasteiger partial charge in [-0.3, -0.25) is 9.59 Å². The van der Waals surface area contributed by atoms with Crippen LogP contribution in [0.2, 0.25) is 0 Å². The van der Waals surface area contributed by atoms with Crippen LogP contribution in [0, 0.1) is 17.0 Å². The third-order valence-electron chi connectivity index (χ3n) is 8.32. The van der Waals surface area contributed by atoms with Gasteiger partial charge in [0.1, 0.15) is 11.6 Å². The molecule has 0 aromatic heterocycles. The van der Waals surface area contributed by atoms with Gasteiger partial charge in [0, 0.05) is 12.8 Å². The first kappa shape index (κ1) is 29.1. The molecule has 0 amide bonds. The molecular weight excluding hydrogens is 526 g/mol. The number of halogens is 2. The quantitative estimate of drug-likeness (QED) is 0.128. The van der Waals surface area contributed by atoms with Gasteiger partial charge in [0.25, 0.3) is 0 Å². The number of rotatable bonds is 12. The summed E-state index contributed by atoms with van der Waals surface area (Å²) in [6.45, 7) is 10.0. The van der Waals surface area contributed by atoms with E-state index in [1.54, 1.807) is 30.3 Å². The zero-order valence-corrected chi connectivity index (χ0v) is 23.9. The van der Waals surface area contributed by atoms with E-state index in [1.165, 1.54) is 18.2 Å². The maximum absolute atomic E-state index is 15.2. The van der Waals surface area contributed by atoms with E-state index in [0.717, 1.165) is 33.0 Å². The summed E-state index contributed by atoms with van der Waals surface area (Å²) >= 11 is 0. The van der Waals surface area contributed by atoms with E-state index in [4.69, 9.17) is 0 Å². The Morgan fingerprint density at radius 2 is 1.52 bits per heavy atom. The number of ketones is 2. The second kappa shape index (κ2) is 12.2. The van der Waals surface area contributed by atoms with Crippen LogP contribution in [0.1, 0.15) is 53.1 Å². The topological polar surface area (TPSA) is 34.1 Å². The average Bonchev–Trinajstić information content (AvgIpc) is 3.80. The highest BCUT2D eigenvalue weighted by atomic mass is 19.1. The number of fused-ring (bicyclic) bond motifs is 1. The zero-order chi connectivity index (χ0) is 29.9. The van der Waals surface area contributed by atoms with E-state index < -0.39 is 5.41 Å². The second-order valence-electron chi connectivity index (χ2n) is 11.1. The summed E-state index contributed by atoms with van der Waals surface area (Å²) in [6, 6.07) is 21.2. The molecule has 1 aliphatic rings. The highest BCUT2D eigenvalue weighted by molar-refractivity contribution is 6.11. The summed E-state index contributed by atoms with van der Waals surface area (Å²) in [6.07, 6.45) is 8.10. The third kappa shape index (κ3) is 6.08. The van der Waals surface area contributed by atoms with Crippen LogP contribution < -0.4 is 0 Å². The predicted octanol–water partition coefficient (Wildman–Crippen LogP) is 8.84. The molecule has 0 saturated heterocycles. The number of carbonyl (C=O) groups excluding carboxylic acids is 2. The molecule has 4 aromatic rings. The first-order valence-electron chi connectivity index (χ1n) is 14.3. The Morgan fingerprint density at radius 3 is 2.17 bits per heavy atom. The van der Waals surface area contributed by atoms with Crippen LogP contribution in [-0.4, -0.2) is 11.6 Å². The highest BCUT2D eigenvalue weighted by Gasteiger charge is 2.54.